The molecule has 0 atom stereocenters. The van der Waals surface area contributed by atoms with E-state index in [1.807, 2.05) is 24.3 Å². The molecule has 1 aromatic rings. The van der Waals surface area contributed by atoms with Gasteiger partial charge in [0.1, 0.15) is 0 Å². The molecule has 1 aromatic carbocycles. The standard InChI is InChI=1S/C14H19NO2/c1-3-15(4-2)11-13-8-6-5-7-12(13)9-10-14(16)17/h5-10H,3-4,11H2,1-2H3,(H,16,17). The highest BCUT2D eigenvalue weighted by Gasteiger charge is 2.04. The van der Waals surface area contributed by atoms with Crippen LogP contribution < -0.4 is 0 Å². The van der Waals surface area contributed by atoms with E-state index in [0.29, 0.717) is 0 Å². The molecule has 1 rings (SSSR count). The van der Waals surface area contributed by atoms with E-state index in [0.717, 1.165) is 30.8 Å². The second kappa shape index (κ2) is 6.86. The Morgan fingerprint density at radius 3 is 2.53 bits per heavy atom. The number of hydrogen-bond acceptors (Lipinski definition) is 2. The first kappa shape index (κ1) is 13.5. The zero-order valence-electron chi connectivity index (χ0n) is 10.4. The topological polar surface area (TPSA) is 40.5 Å². The predicted octanol–water partition coefficient (Wildman–Crippen LogP) is 2.63. The van der Waals surface area contributed by atoms with Gasteiger partial charge in [0.25, 0.3) is 0 Å². The van der Waals surface area contributed by atoms with Crippen molar-refractivity contribution in [1.82, 2.24) is 4.90 Å². The Morgan fingerprint density at radius 2 is 1.94 bits per heavy atom. The summed E-state index contributed by atoms with van der Waals surface area (Å²) in [6, 6.07) is 7.89. The fraction of sp³-hybridized carbons (Fsp3) is 0.357. The summed E-state index contributed by atoms with van der Waals surface area (Å²) < 4.78 is 0. The molecule has 1 N–H and O–H groups in total. The molecule has 92 valence electrons. The highest BCUT2D eigenvalue weighted by Crippen LogP contribution is 2.13. The van der Waals surface area contributed by atoms with Crippen LogP contribution in [0.2, 0.25) is 0 Å². The second-order valence-electron chi connectivity index (χ2n) is 3.83. The minimum absolute atomic E-state index is 0.854. The molecule has 0 radical (unpaired) electrons. The maximum atomic E-state index is 10.5. The highest BCUT2D eigenvalue weighted by atomic mass is 16.4. The van der Waals surface area contributed by atoms with Crippen LogP contribution in [0.3, 0.4) is 0 Å². The number of hydrogen-bond donors (Lipinski definition) is 1. The maximum Gasteiger partial charge on any atom is 0.328 e. The number of carboxylic acids is 1. The number of carbonyl (C=O) groups is 1. The zero-order chi connectivity index (χ0) is 12.7. The third-order valence-corrected chi connectivity index (χ3v) is 2.75. The van der Waals surface area contributed by atoms with Crippen LogP contribution in [0, 0.1) is 0 Å². The Hall–Kier alpha value is -1.61. The Bertz CT molecular complexity index is 395. The van der Waals surface area contributed by atoms with E-state index in [1.165, 1.54) is 6.08 Å². The summed E-state index contributed by atoms with van der Waals surface area (Å²) in [5.74, 6) is -0.914. The molecule has 0 amide bonds. The number of benzene rings is 1. The zero-order valence-corrected chi connectivity index (χ0v) is 10.4. The van der Waals surface area contributed by atoms with Crippen LogP contribution in [0.15, 0.2) is 30.3 Å². The first-order valence-corrected chi connectivity index (χ1v) is 5.88. The second-order valence-corrected chi connectivity index (χ2v) is 3.83. The summed E-state index contributed by atoms with van der Waals surface area (Å²) in [4.78, 5) is 12.8. The molecule has 0 unspecified atom stereocenters. The first-order chi connectivity index (χ1) is 8.17. The molecule has 17 heavy (non-hydrogen) atoms. The lowest BCUT2D eigenvalue weighted by atomic mass is 10.1. The van der Waals surface area contributed by atoms with Crippen molar-refractivity contribution in [3.05, 3.63) is 41.5 Å². The van der Waals surface area contributed by atoms with Gasteiger partial charge in [0.15, 0.2) is 0 Å². The van der Waals surface area contributed by atoms with Gasteiger partial charge in [-0.3, -0.25) is 4.90 Å². The van der Waals surface area contributed by atoms with Crippen molar-refractivity contribution in [3.63, 3.8) is 0 Å². The van der Waals surface area contributed by atoms with E-state index in [2.05, 4.69) is 18.7 Å². The van der Waals surface area contributed by atoms with Crippen molar-refractivity contribution < 1.29 is 9.90 Å². The third kappa shape index (κ3) is 4.41. The van der Waals surface area contributed by atoms with Crippen LogP contribution in [0.25, 0.3) is 6.08 Å². The lowest BCUT2D eigenvalue weighted by Crippen LogP contribution is -2.22. The predicted molar refractivity (Wildman–Crippen MR) is 69.7 cm³/mol. The van der Waals surface area contributed by atoms with Gasteiger partial charge in [-0.2, -0.15) is 0 Å². The Labute approximate surface area is 102 Å². The molecule has 0 heterocycles. The first-order valence-electron chi connectivity index (χ1n) is 5.88. The molecular formula is C14H19NO2. The molecule has 0 aliphatic carbocycles. The molecule has 3 nitrogen and oxygen atoms in total. The molecule has 0 fully saturated rings. The van der Waals surface area contributed by atoms with Gasteiger partial charge in [-0.05, 0) is 30.3 Å². The largest absolute Gasteiger partial charge is 0.478 e. The van der Waals surface area contributed by atoms with Gasteiger partial charge in [0.05, 0.1) is 0 Å². The van der Waals surface area contributed by atoms with Crippen molar-refractivity contribution in [2.24, 2.45) is 0 Å². The van der Waals surface area contributed by atoms with Crippen LogP contribution in [0.1, 0.15) is 25.0 Å². The van der Waals surface area contributed by atoms with Gasteiger partial charge in [0.2, 0.25) is 0 Å². The average molecular weight is 233 g/mol. The molecule has 0 aliphatic heterocycles. The number of aliphatic carboxylic acids is 1. The highest BCUT2D eigenvalue weighted by molar-refractivity contribution is 5.85. The molecule has 0 saturated carbocycles. The molecule has 0 bridgehead atoms. The van der Waals surface area contributed by atoms with Crippen LogP contribution in [-0.4, -0.2) is 29.1 Å². The fourth-order valence-electron chi connectivity index (χ4n) is 1.69. The van der Waals surface area contributed by atoms with E-state index in [-0.39, 0.29) is 0 Å². The van der Waals surface area contributed by atoms with Crippen LogP contribution >= 0.6 is 0 Å². The van der Waals surface area contributed by atoms with Gasteiger partial charge in [-0.1, -0.05) is 38.1 Å². The summed E-state index contributed by atoms with van der Waals surface area (Å²) in [6.07, 6.45) is 2.84. The van der Waals surface area contributed by atoms with Crippen LogP contribution in [0.5, 0.6) is 0 Å². The Balaban J connectivity index is 2.87. The monoisotopic (exact) mass is 233 g/mol. The minimum atomic E-state index is -0.914. The lowest BCUT2D eigenvalue weighted by molar-refractivity contribution is -0.131. The summed E-state index contributed by atoms with van der Waals surface area (Å²) in [5, 5.41) is 8.64. The van der Waals surface area contributed by atoms with Crippen molar-refractivity contribution in [1.29, 1.82) is 0 Å². The summed E-state index contributed by atoms with van der Waals surface area (Å²) in [5.41, 5.74) is 2.13. The normalized spacial score (nSPS) is 11.2. The van der Waals surface area contributed by atoms with E-state index < -0.39 is 5.97 Å². The molecule has 0 saturated heterocycles. The lowest BCUT2D eigenvalue weighted by Gasteiger charge is -2.19. The Kier molecular flexibility index (Phi) is 5.43. The Morgan fingerprint density at radius 1 is 1.29 bits per heavy atom. The fourth-order valence-corrected chi connectivity index (χ4v) is 1.69. The summed E-state index contributed by atoms with van der Waals surface area (Å²) in [6.45, 7) is 7.09. The smallest absolute Gasteiger partial charge is 0.328 e. The van der Waals surface area contributed by atoms with Gasteiger partial charge in [-0.25, -0.2) is 4.79 Å². The van der Waals surface area contributed by atoms with Gasteiger partial charge in [0, 0.05) is 12.6 Å². The van der Waals surface area contributed by atoms with E-state index in [1.54, 1.807) is 6.08 Å². The van der Waals surface area contributed by atoms with Gasteiger partial charge >= 0.3 is 5.97 Å². The third-order valence-electron chi connectivity index (χ3n) is 2.75. The van der Waals surface area contributed by atoms with Crippen molar-refractivity contribution in [3.8, 4) is 0 Å². The minimum Gasteiger partial charge on any atom is -0.478 e. The van der Waals surface area contributed by atoms with E-state index in [4.69, 9.17) is 5.11 Å². The van der Waals surface area contributed by atoms with E-state index in [9.17, 15) is 4.79 Å². The number of carboxylic acid groups (broad SMARTS) is 1. The van der Waals surface area contributed by atoms with Crippen LogP contribution in [-0.2, 0) is 11.3 Å². The molecule has 3 heteroatoms. The summed E-state index contributed by atoms with van der Waals surface area (Å²) in [7, 11) is 0. The van der Waals surface area contributed by atoms with Crippen molar-refractivity contribution in [2.75, 3.05) is 13.1 Å². The molecule has 0 aromatic heterocycles. The van der Waals surface area contributed by atoms with Gasteiger partial charge < -0.3 is 5.11 Å². The molecule has 0 aliphatic rings. The van der Waals surface area contributed by atoms with Gasteiger partial charge in [-0.15, -0.1) is 0 Å². The molecule has 0 spiro atoms. The van der Waals surface area contributed by atoms with E-state index >= 15 is 0 Å². The number of nitrogens with zero attached hydrogens (tertiary/aromatic N) is 1. The summed E-state index contributed by atoms with van der Waals surface area (Å²) >= 11 is 0. The quantitative estimate of drug-likeness (QED) is 0.768. The van der Waals surface area contributed by atoms with Crippen LogP contribution in [0.4, 0.5) is 0 Å². The number of rotatable bonds is 6. The SMILES string of the molecule is CCN(CC)Cc1ccccc1C=CC(=O)O. The molecular weight excluding hydrogens is 214 g/mol. The van der Waals surface area contributed by atoms with Crippen molar-refractivity contribution in [2.45, 2.75) is 20.4 Å². The van der Waals surface area contributed by atoms with Crippen molar-refractivity contribution >= 4 is 12.0 Å². The maximum absolute atomic E-state index is 10.5. The average Bonchev–Trinajstić information content (AvgIpc) is 2.34.